The highest BCUT2D eigenvalue weighted by Gasteiger charge is 1.95. The number of anilines is 1. The molecule has 0 spiro atoms. The predicted molar refractivity (Wildman–Crippen MR) is 29.1 cm³/mol. The van der Waals surface area contributed by atoms with Gasteiger partial charge in [0.05, 0.1) is 6.20 Å². The molecule has 0 aliphatic carbocycles. The van der Waals surface area contributed by atoms with Crippen LogP contribution in [0.2, 0.25) is 0 Å². The minimum Gasteiger partial charge on any atom is -0.431 e. The lowest BCUT2D eigenvalue weighted by molar-refractivity contribution is 0.549. The largest absolute Gasteiger partial charge is 0.431 e. The Morgan fingerprint density at radius 2 is 2.62 bits per heavy atom. The molecule has 0 radical (unpaired) electrons. The number of hydrogen-bond donors (Lipinski definition) is 1. The number of oxazole rings is 1. The first-order valence-electron chi connectivity index (χ1n) is 2.18. The van der Waals surface area contributed by atoms with Crippen molar-refractivity contribution in [2.24, 2.45) is 5.84 Å². The fourth-order valence-corrected chi connectivity index (χ4v) is 0.390. The molecule has 1 aromatic heterocycles. The van der Waals surface area contributed by atoms with E-state index in [1.54, 1.807) is 13.2 Å². The molecule has 0 aliphatic rings. The summed E-state index contributed by atoms with van der Waals surface area (Å²) in [5.41, 5.74) is 0. The second-order valence-electron chi connectivity index (χ2n) is 1.43. The summed E-state index contributed by atoms with van der Waals surface area (Å²) in [5, 5.41) is 1.31. The van der Waals surface area contributed by atoms with E-state index in [1.807, 2.05) is 0 Å². The molecule has 0 saturated carbocycles. The summed E-state index contributed by atoms with van der Waals surface area (Å²) in [6.45, 7) is 0. The summed E-state index contributed by atoms with van der Waals surface area (Å²) in [4.78, 5) is 3.75. The molecule has 1 rings (SSSR count). The van der Waals surface area contributed by atoms with Crippen molar-refractivity contribution in [3.63, 3.8) is 0 Å². The van der Waals surface area contributed by atoms with Crippen molar-refractivity contribution in [1.82, 2.24) is 4.98 Å². The number of aromatic nitrogens is 1. The predicted octanol–water partition coefficient (Wildman–Crippen LogP) is -0.0155. The van der Waals surface area contributed by atoms with Crippen LogP contribution >= 0.6 is 0 Å². The molecule has 8 heavy (non-hydrogen) atoms. The second kappa shape index (κ2) is 1.83. The van der Waals surface area contributed by atoms with Gasteiger partial charge < -0.3 is 4.42 Å². The molecular formula is C4H7N3O. The minimum atomic E-state index is 0.421. The van der Waals surface area contributed by atoms with Crippen molar-refractivity contribution in [1.29, 1.82) is 0 Å². The van der Waals surface area contributed by atoms with Crippen LogP contribution in [0.1, 0.15) is 0 Å². The third-order valence-electron chi connectivity index (χ3n) is 0.721. The lowest BCUT2D eigenvalue weighted by Crippen LogP contribution is -2.25. The van der Waals surface area contributed by atoms with Gasteiger partial charge in [-0.3, -0.25) is 5.01 Å². The van der Waals surface area contributed by atoms with Crippen LogP contribution in [-0.4, -0.2) is 12.0 Å². The van der Waals surface area contributed by atoms with Crippen molar-refractivity contribution < 1.29 is 4.42 Å². The zero-order chi connectivity index (χ0) is 5.98. The van der Waals surface area contributed by atoms with Gasteiger partial charge in [-0.15, -0.1) is 0 Å². The van der Waals surface area contributed by atoms with Crippen LogP contribution in [0.5, 0.6) is 0 Å². The molecule has 0 aromatic carbocycles. The van der Waals surface area contributed by atoms with E-state index in [4.69, 9.17) is 10.3 Å². The van der Waals surface area contributed by atoms with Gasteiger partial charge in [0.25, 0.3) is 0 Å². The van der Waals surface area contributed by atoms with Crippen molar-refractivity contribution in [2.45, 2.75) is 0 Å². The summed E-state index contributed by atoms with van der Waals surface area (Å²) in [5.74, 6) is 5.24. The molecule has 1 aromatic rings. The van der Waals surface area contributed by atoms with Crippen molar-refractivity contribution in [3.8, 4) is 0 Å². The molecule has 44 valence electrons. The van der Waals surface area contributed by atoms with Crippen LogP contribution in [0, 0.1) is 0 Å². The van der Waals surface area contributed by atoms with Crippen LogP contribution in [0.25, 0.3) is 0 Å². The summed E-state index contributed by atoms with van der Waals surface area (Å²) < 4.78 is 4.78. The monoisotopic (exact) mass is 113 g/mol. The molecule has 0 aliphatic heterocycles. The summed E-state index contributed by atoms with van der Waals surface area (Å²) in [7, 11) is 1.66. The zero-order valence-corrected chi connectivity index (χ0v) is 4.53. The fourth-order valence-electron chi connectivity index (χ4n) is 0.390. The standard InChI is InChI=1S/C4H7N3O/c1-7(5)4-6-2-3-8-4/h2-3H,5H2,1H3. The first-order chi connectivity index (χ1) is 3.80. The number of hydrazine groups is 1. The van der Waals surface area contributed by atoms with Gasteiger partial charge in [-0.05, 0) is 0 Å². The maximum atomic E-state index is 5.24. The van der Waals surface area contributed by atoms with Gasteiger partial charge in [0.1, 0.15) is 6.26 Å². The first-order valence-corrected chi connectivity index (χ1v) is 2.18. The van der Waals surface area contributed by atoms with Gasteiger partial charge in [0.15, 0.2) is 0 Å². The van der Waals surface area contributed by atoms with E-state index in [-0.39, 0.29) is 0 Å². The third kappa shape index (κ3) is 0.788. The highest BCUT2D eigenvalue weighted by Crippen LogP contribution is 2.01. The Morgan fingerprint density at radius 1 is 1.88 bits per heavy atom. The topological polar surface area (TPSA) is 55.3 Å². The normalized spacial score (nSPS) is 9.25. The SMILES string of the molecule is CN(N)c1ncco1. The summed E-state index contributed by atoms with van der Waals surface area (Å²) in [6, 6.07) is 0.421. The molecule has 0 saturated heterocycles. The molecule has 0 bridgehead atoms. The number of rotatable bonds is 1. The van der Waals surface area contributed by atoms with Crippen LogP contribution in [-0.2, 0) is 0 Å². The van der Waals surface area contributed by atoms with E-state index in [0.29, 0.717) is 6.01 Å². The van der Waals surface area contributed by atoms with Crippen LogP contribution in [0.4, 0.5) is 6.01 Å². The summed E-state index contributed by atoms with van der Waals surface area (Å²) in [6.07, 6.45) is 3.01. The van der Waals surface area contributed by atoms with E-state index >= 15 is 0 Å². The lowest BCUT2D eigenvalue weighted by Gasteiger charge is -2.02. The molecule has 4 heteroatoms. The Balaban J connectivity index is 2.77. The molecule has 0 fully saturated rings. The average Bonchev–Trinajstić information content (AvgIpc) is 2.12. The first kappa shape index (κ1) is 5.11. The smallest absolute Gasteiger partial charge is 0.311 e. The van der Waals surface area contributed by atoms with Crippen molar-refractivity contribution >= 4 is 6.01 Å². The van der Waals surface area contributed by atoms with E-state index in [1.165, 1.54) is 11.3 Å². The van der Waals surface area contributed by atoms with Gasteiger partial charge in [0, 0.05) is 7.05 Å². The molecule has 4 nitrogen and oxygen atoms in total. The average molecular weight is 113 g/mol. The fraction of sp³-hybridized carbons (Fsp3) is 0.250. The number of nitrogens with two attached hydrogens (primary N) is 1. The van der Waals surface area contributed by atoms with E-state index in [0.717, 1.165) is 0 Å². The number of nitrogens with zero attached hydrogens (tertiary/aromatic N) is 2. The second-order valence-corrected chi connectivity index (χ2v) is 1.43. The van der Waals surface area contributed by atoms with E-state index in [9.17, 15) is 0 Å². The van der Waals surface area contributed by atoms with Gasteiger partial charge in [0.2, 0.25) is 0 Å². The molecule has 2 N–H and O–H groups in total. The van der Waals surface area contributed by atoms with Gasteiger partial charge in [-0.25, -0.2) is 10.8 Å². The lowest BCUT2D eigenvalue weighted by atomic mass is 11.0. The van der Waals surface area contributed by atoms with Crippen molar-refractivity contribution in [3.05, 3.63) is 12.5 Å². The van der Waals surface area contributed by atoms with Crippen LogP contribution in [0.15, 0.2) is 16.9 Å². The summed E-state index contributed by atoms with van der Waals surface area (Å²) >= 11 is 0. The molecule has 0 amide bonds. The van der Waals surface area contributed by atoms with E-state index < -0.39 is 0 Å². The van der Waals surface area contributed by atoms with Crippen LogP contribution in [0.3, 0.4) is 0 Å². The highest BCUT2D eigenvalue weighted by atomic mass is 16.4. The molecule has 0 atom stereocenters. The Labute approximate surface area is 46.9 Å². The number of hydrogen-bond acceptors (Lipinski definition) is 4. The van der Waals surface area contributed by atoms with Gasteiger partial charge in [-0.1, -0.05) is 0 Å². The maximum Gasteiger partial charge on any atom is 0.311 e. The quantitative estimate of drug-likeness (QED) is 0.411. The third-order valence-corrected chi connectivity index (χ3v) is 0.721. The van der Waals surface area contributed by atoms with E-state index in [2.05, 4.69) is 4.98 Å². The van der Waals surface area contributed by atoms with Gasteiger partial charge >= 0.3 is 6.01 Å². The molecule has 1 heterocycles. The Kier molecular flexibility index (Phi) is 1.17. The van der Waals surface area contributed by atoms with Crippen molar-refractivity contribution in [2.75, 3.05) is 12.1 Å². The van der Waals surface area contributed by atoms with Crippen LogP contribution < -0.4 is 10.9 Å². The van der Waals surface area contributed by atoms with Gasteiger partial charge in [-0.2, -0.15) is 0 Å². The Hall–Kier alpha value is -1.03. The highest BCUT2D eigenvalue weighted by molar-refractivity contribution is 5.18. The molecular weight excluding hydrogens is 106 g/mol. The minimum absolute atomic E-state index is 0.421. The maximum absolute atomic E-state index is 5.24. The Bertz CT molecular complexity index is 146. The zero-order valence-electron chi connectivity index (χ0n) is 4.53. The molecule has 0 unspecified atom stereocenters. The Morgan fingerprint density at radius 3 is 2.88 bits per heavy atom.